The lowest BCUT2D eigenvalue weighted by Gasteiger charge is -2.32. The average molecular weight is 430 g/mol. The van der Waals surface area contributed by atoms with E-state index in [-0.39, 0.29) is 17.7 Å². The van der Waals surface area contributed by atoms with Crippen LogP contribution in [0.1, 0.15) is 57.3 Å². The van der Waals surface area contributed by atoms with Crippen molar-refractivity contribution in [3.63, 3.8) is 0 Å². The smallest absolute Gasteiger partial charge is 0.255 e. The molecule has 7 heteroatoms. The molecule has 6 nitrogen and oxygen atoms in total. The molecule has 2 amide bonds. The number of hydrogen-bond donors (Lipinski definition) is 1. The van der Waals surface area contributed by atoms with Crippen LogP contribution in [0.4, 0.5) is 0 Å². The van der Waals surface area contributed by atoms with Crippen LogP contribution in [0.2, 0.25) is 5.02 Å². The topological polar surface area (TPSA) is 71.5 Å². The largest absolute Gasteiger partial charge is 0.385 e. The third-order valence-corrected chi connectivity index (χ3v) is 5.72. The number of ether oxygens (including phenoxy) is 1. The zero-order chi connectivity index (χ0) is 21.5. The van der Waals surface area contributed by atoms with Crippen LogP contribution in [0.25, 0.3) is 0 Å². The first-order valence-corrected chi connectivity index (χ1v) is 10.7. The second kappa shape index (κ2) is 10.5. The first-order valence-electron chi connectivity index (χ1n) is 10.3. The molecule has 160 valence electrons. The number of amides is 2. The van der Waals surface area contributed by atoms with E-state index in [1.165, 1.54) is 0 Å². The number of methoxy groups -OCH3 is 1. The van der Waals surface area contributed by atoms with Gasteiger partial charge in [-0.25, -0.2) is 0 Å². The van der Waals surface area contributed by atoms with Crippen LogP contribution < -0.4 is 5.32 Å². The second-order valence-corrected chi connectivity index (χ2v) is 7.94. The van der Waals surface area contributed by atoms with Crippen molar-refractivity contribution in [2.24, 2.45) is 0 Å². The Morgan fingerprint density at radius 2 is 1.90 bits per heavy atom. The molecule has 1 fully saturated rings. The number of aromatic nitrogens is 1. The Bertz CT molecular complexity index is 895. The molecule has 2 aromatic rings. The maximum absolute atomic E-state index is 12.8. The molecule has 0 spiro atoms. The van der Waals surface area contributed by atoms with Gasteiger partial charge in [0.2, 0.25) is 0 Å². The zero-order valence-electron chi connectivity index (χ0n) is 17.5. The van der Waals surface area contributed by atoms with Gasteiger partial charge in [-0.15, -0.1) is 0 Å². The summed E-state index contributed by atoms with van der Waals surface area (Å²) in [5.74, 6) is -0.0181. The molecule has 0 radical (unpaired) electrons. The molecule has 0 bridgehead atoms. The number of likely N-dealkylation sites (tertiary alicyclic amines) is 1. The van der Waals surface area contributed by atoms with E-state index in [4.69, 9.17) is 21.3 Å². The predicted octanol–water partition coefficient (Wildman–Crippen LogP) is 3.83. The number of benzene rings is 1. The molecule has 0 unspecified atom stereocenters. The molecule has 1 N–H and O–H groups in total. The van der Waals surface area contributed by atoms with Crippen molar-refractivity contribution in [1.82, 2.24) is 15.2 Å². The molecule has 3 rings (SSSR count). The van der Waals surface area contributed by atoms with Gasteiger partial charge in [-0.1, -0.05) is 23.7 Å². The average Bonchev–Trinajstić information content (AvgIpc) is 2.76. The number of nitrogens with zero attached hydrogens (tertiary/aromatic N) is 2. The summed E-state index contributed by atoms with van der Waals surface area (Å²) in [7, 11) is 1.65. The normalized spacial score (nSPS) is 14.6. The van der Waals surface area contributed by atoms with Crippen molar-refractivity contribution < 1.29 is 14.3 Å². The number of aryl methyl sites for hydroxylation is 1. The number of carbonyl (C=O) groups excluding carboxylic acids is 2. The Balaban J connectivity index is 1.67. The Morgan fingerprint density at radius 1 is 1.17 bits per heavy atom. The Labute approximate surface area is 182 Å². The number of hydrogen-bond acceptors (Lipinski definition) is 4. The van der Waals surface area contributed by atoms with Gasteiger partial charge in [-0.2, -0.15) is 0 Å². The molecule has 30 heavy (non-hydrogen) atoms. The maximum atomic E-state index is 12.8. The number of piperidine rings is 1. The summed E-state index contributed by atoms with van der Waals surface area (Å²) in [6.07, 6.45) is 2.28. The molecule has 2 heterocycles. The molecule has 1 saturated heterocycles. The number of carbonyl (C=O) groups is 2. The van der Waals surface area contributed by atoms with E-state index in [0.717, 1.165) is 30.7 Å². The molecule has 0 atom stereocenters. The monoisotopic (exact) mass is 429 g/mol. The van der Waals surface area contributed by atoms with Gasteiger partial charge in [0.25, 0.3) is 11.8 Å². The molecule has 0 aliphatic carbocycles. The van der Waals surface area contributed by atoms with Gasteiger partial charge < -0.3 is 15.0 Å². The van der Waals surface area contributed by atoms with E-state index in [1.807, 2.05) is 36.1 Å². The van der Waals surface area contributed by atoms with Gasteiger partial charge in [-0.05, 0) is 50.5 Å². The lowest BCUT2D eigenvalue weighted by Crippen LogP contribution is -2.38. The van der Waals surface area contributed by atoms with Crippen molar-refractivity contribution in [3.05, 3.63) is 63.9 Å². The molecule has 1 aromatic heterocycles. The predicted molar refractivity (Wildman–Crippen MR) is 117 cm³/mol. The molecule has 1 aromatic carbocycles. The highest BCUT2D eigenvalue weighted by atomic mass is 35.5. The lowest BCUT2D eigenvalue weighted by molar-refractivity contribution is 0.0710. The van der Waals surface area contributed by atoms with Crippen molar-refractivity contribution >= 4 is 23.4 Å². The Kier molecular flexibility index (Phi) is 7.82. The maximum Gasteiger partial charge on any atom is 0.255 e. The van der Waals surface area contributed by atoms with Gasteiger partial charge in [0.1, 0.15) is 0 Å². The van der Waals surface area contributed by atoms with Crippen LogP contribution in [-0.4, -0.2) is 55.0 Å². The van der Waals surface area contributed by atoms with Crippen molar-refractivity contribution in [1.29, 1.82) is 0 Å². The van der Waals surface area contributed by atoms with Crippen LogP contribution in [0, 0.1) is 6.92 Å². The van der Waals surface area contributed by atoms with Crippen molar-refractivity contribution in [2.45, 2.75) is 32.1 Å². The third kappa shape index (κ3) is 5.37. The minimum atomic E-state index is -0.108. The Morgan fingerprint density at radius 3 is 2.60 bits per heavy atom. The van der Waals surface area contributed by atoms with Gasteiger partial charge in [-0.3, -0.25) is 14.6 Å². The standard InChI is InChI=1S/C23H28ClN3O3/c1-16-8-9-19(22(28)25-12-5-15-30-2)21(26-16)17-10-13-27(14-11-17)23(29)18-6-3-4-7-20(18)24/h3-4,6-9,17H,5,10-15H2,1-2H3,(H,25,28). The summed E-state index contributed by atoms with van der Waals surface area (Å²) in [4.78, 5) is 32.0. The number of nitrogens with one attached hydrogen (secondary N) is 1. The van der Waals surface area contributed by atoms with E-state index in [9.17, 15) is 9.59 Å². The highest BCUT2D eigenvalue weighted by Gasteiger charge is 2.28. The minimum absolute atomic E-state index is 0.0487. The summed E-state index contributed by atoms with van der Waals surface area (Å²) in [5.41, 5.74) is 2.86. The highest BCUT2D eigenvalue weighted by molar-refractivity contribution is 6.33. The first-order chi connectivity index (χ1) is 14.5. The van der Waals surface area contributed by atoms with E-state index in [2.05, 4.69) is 5.32 Å². The second-order valence-electron chi connectivity index (χ2n) is 7.53. The minimum Gasteiger partial charge on any atom is -0.385 e. The van der Waals surface area contributed by atoms with Gasteiger partial charge in [0, 0.05) is 45.0 Å². The summed E-state index contributed by atoms with van der Waals surface area (Å²) in [6, 6.07) is 10.8. The van der Waals surface area contributed by atoms with Crippen molar-refractivity contribution in [2.75, 3.05) is 33.4 Å². The molecular formula is C23H28ClN3O3. The fourth-order valence-electron chi connectivity index (χ4n) is 3.75. The van der Waals surface area contributed by atoms with Crippen LogP contribution >= 0.6 is 11.6 Å². The molecular weight excluding hydrogens is 402 g/mol. The van der Waals surface area contributed by atoms with Gasteiger partial charge in [0.05, 0.1) is 21.8 Å². The van der Waals surface area contributed by atoms with Crippen molar-refractivity contribution in [3.8, 4) is 0 Å². The van der Waals surface area contributed by atoms with Crippen LogP contribution in [0.15, 0.2) is 36.4 Å². The van der Waals surface area contributed by atoms with Crippen LogP contribution in [0.5, 0.6) is 0 Å². The molecule has 0 saturated carbocycles. The number of halogens is 1. The van der Waals surface area contributed by atoms with E-state index in [1.54, 1.807) is 19.2 Å². The van der Waals surface area contributed by atoms with E-state index < -0.39 is 0 Å². The number of pyridine rings is 1. The summed E-state index contributed by atoms with van der Waals surface area (Å²) >= 11 is 6.19. The summed E-state index contributed by atoms with van der Waals surface area (Å²) in [5, 5.41) is 3.42. The lowest BCUT2D eigenvalue weighted by atomic mass is 9.89. The fraction of sp³-hybridized carbons (Fsp3) is 0.435. The van der Waals surface area contributed by atoms with E-state index in [0.29, 0.717) is 42.4 Å². The summed E-state index contributed by atoms with van der Waals surface area (Å²) in [6.45, 7) is 4.32. The fourth-order valence-corrected chi connectivity index (χ4v) is 3.97. The van der Waals surface area contributed by atoms with Crippen LogP contribution in [0.3, 0.4) is 0 Å². The molecule has 1 aliphatic rings. The Hall–Kier alpha value is -2.44. The summed E-state index contributed by atoms with van der Waals surface area (Å²) < 4.78 is 5.03. The quantitative estimate of drug-likeness (QED) is 0.679. The first kappa shape index (κ1) is 22.2. The SMILES string of the molecule is COCCCNC(=O)c1ccc(C)nc1C1CCN(C(=O)c2ccccc2Cl)CC1. The van der Waals surface area contributed by atoms with Gasteiger partial charge in [0.15, 0.2) is 0 Å². The van der Waals surface area contributed by atoms with Gasteiger partial charge >= 0.3 is 0 Å². The highest BCUT2D eigenvalue weighted by Crippen LogP contribution is 2.30. The third-order valence-electron chi connectivity index (χ3n) is 5.39. The van der Waals surface area contributed by atoms with Crippen LogP contribution in [-0.2, 0) is 4.74 Å². The number of rotatable bonds is 7. The molecule has 1 aliphatic heterocycles. The van der Waals surface area contributed by atoms with E-state index >= 15 is 0 Å². The zero-order valence-corrected chi connectivity index (χ0v) is 18.2.